The first kappa shape index (κ1) is 14.7. The van der Waals surface area contributed by atoms with E-state index in [2.05, 4.69) is 5.10 Å². The molecule has 5 nitrogen and oxygen atoms in total. The zero-order valence-corrected chi connectivity index (χ0v) is 12.3. The van der Waals surface area contributed by atoms with Crippen molar-refractivity contribution in [3.05, 3.63) is 53.1 Å². The molecule has 0 amide bonds. The molecular weight excluding hydrogens is 268 g/mol. The molecule has 2 aromatic carbocycles. The molecule has 3 N–H and O–H groups in total. The fraction of sp³-hybridized carbons (Fsp3) is 0.188. The molecule has 2 rings (SSSR count). The van der Waals surface area contributed by atoms with Crippen molar-refractivity contribution in [2.75, 3.05) is 14.2 Å². The van der Waals surface area contributed by atoms with Crippen LogP contribution in [0.25, 0.3) is 0 Å². The number of aromatic hydroxyl groups is 1. The highest BCUT2D eigenvalue weighted by molar-refractivity contribution is 6.16. The summed E-state index contributed by atoms with van der Waals surface area (Å²) in [5.74, 6) is 6.46. The van der Waals surface area contributed by atoms with Crippen molar-refractivity contribution in [3.8, 4) is 17.2 Å². The Balaban J connectivity index is 2.60. The maximum Gasteiger partial charge on any atom is 0.135 e. The summed E-state index contributed by atoms with van der Waals surface area (Å²) in [7, 11) is 3.03. The quantitative estimate of drug-likeness (QED) is 0.514. The molecule has 110 valence electrons. The smallest absolute Gasteiger partial charge is 0.135 e. The Bertz CT molecular complexity index is 664. The number of phenolic OH excluding ortho intramolecular Hbond substituents is 1. The molecule has 0 atom stereocenters. The number of hydrogen-bond donors (Lipinski definition) is 2. The molecule has 0 aliphatic rings. The van der Waals surface area contributed by atoms with E-state index < -0.39 is 0 Å². The van der Waals surface area contributed by atoms with Gasteiger partial charge >= 0.3 is 0 Å². The molecule has 0 radical (unpaired) electrons. The van der Waals surface area contributed by atoms with E-state index in [1.54, 1.807) is 6.07 Å². The third kappa shape index (κ3) is 2.91. The van der Waals surface area contributed by atoms with Gasteiger partial charge in [-0.3, -0.25) is 0 Å². The van der Waals surface area contributed by atoms with Gasteiger partial charge in [0.15, 0.2) is 0 Å². The third-order valence-electron chi connectivity index (χ3n) is 3.20. The first-order valence-corrected chi connectivity index (χ1v) is 6.41. The molecule has 2 aromatic rings. The lowest BCUT2D eigenvalue weighted by molar-refractivity contribution is 0.384. The highest BCUT2D eigenvalue weighted by atomic mass is 16.5. The van der Waals surface area contributed by atoms with Gasteiger partial charge in [-0.2, -0.15) is 5.10 Å². The van der Waals surface area contributed by atoms with E-state index in [4.69, 9.17) is 15.3 Å². The molecule has 21 heavy (non-hydrogen) atoms. The Hall–Kier alpha value is -2.69. The number of ether oxygens (including phenoxy) is 2. The topological polar surface area (TPSA) is 77.1 Å². The third-order valence-corrected chi connectivity index (χ3v) is 3.20. The molecule has 0 saturated carbocycles. The van der Waals surface area contributed by atoms with Gasteiger partial charge in [0, 0.05) is 17.7 Å². The Morgan fingerprint density at radius 2 is 1.76 bits per heavy atom. The largest absolute Gasteiger partial charge is 0.507 e. The second-order valence-corrected chi connectivity index (χ2v) is 4.57. The summed E-state index contributed by atoms with van der Waals surface area (Å²) in [4.78, 5) is 0. The first-order chi connectivity index (χ1) is 10.1. The van der Waals surface area contributed by atoms with Crippen LogP contribution in [0.1, 0.15) is 16.7 Å². The Labute approximate surface area is 123 Å². The molecule has 0 aromatic heterocycles. The van der Waals surface area contributed by atoms with E-state index in [9.17, 15) is 5.11 Å². The van der Waals surface area contributed by atoms with Crippen molar-refractivity contribution >= 4 is 5.71 Å². The van der Waals surface area contributed by atoms with Crippen molar-refractivity contribution in [3.63, 3.8) is 0 Å². The predicted molar refractivity (Wildman–Crippen MR) is 82.2 cm³/mol. The van der Waals surface area contributed by atoms with E-state index in [1.165, 1.54) is 20.3 Å². The summed E-state index contributed by atoms with van der Waals surface area (Å²) < 4.78 is 10.4. The molecular formula is C16H18N2O3. The zero-order valence-electron chi connectivity index (χ0n) is 12.3. The van der Waals surface area contributed by atoms with Crippen molar-refractivity contribution in [2.45, 2.75) is 6.92 Å². The normalized spacial score (nSPS) is 11.3. The summed E-state index contributed by atoms with van der Waals surface area (Å²) in [5, 5.41) is 14.1. The molecule has 0 aliphatic carbocycles. The van der Waals surface area contributed by atoms with Crippen LogP contribution < -0.4 is 15.3 Å². The summed E-state index contributed by atoms with van der Waals surface area (Å²) in [6.07, 6.45) is 0. The van der Waals surface area contributed by atoms with Crippen molar-refractivity contribution in [1.82, 2.24) is 0 Å². The number of hydrogen-bond acceptors (Lipinski definition) is 5. The molecule has 0 fully saturated rings. The highest BCUT2D eigenvalue weighted by Gasteiger charge is 2.19. The van der Waals surface area contributed by atoms with Gasteiger partial charge in [0.05, 0.1) is 19.8 Å². The molecule has 0 spiro atoms. The first-order valence-electron chi connectivity index (χ1n) is 6.41. The molecule has 0 heterocycles. The Kier molecular flexibility index (Phi) is 4.33. The van der Waals surface area contributed by atoms with Crippen LogP contribution >= 0.6 is 0 Å². The monoisotopic (exact) mass is 286 g/mol. The van der Waals surface area contributed by atoms with Gasteiger partial charge in [0.2, 0.25) is 0 Å². The van der Waals surface area contributed by atoms with Crippen LogP contribution in [0.15, 0.2) is 41.5 Å². The van der Waals surface area contributed by atoms with Gasteiger partial charge in [0.1, 0.15) is 23.0 Å². The van der Waals surface area contributed by atoms with Crippen molar-refractivity contribution in [1.29, 1.82) is 0 Å². The lowest BCUT2D eigenvalue weighted by Gasteiger charge is -2.14. The van der Waals surface area contributed by atoms with Crippen LogP contribution in [-0.4, -0.2) is 25.0 Å². The predicted octanol–water partition coefficient (Wildman–Crippen LogP) is 2.43. The minimum Gasteiger partial charge on any atom is -0.507 e. The van der Waals surface area contributed by atoms with E-state index >= 15 is 0 Å². The molecule has 0 aliphatic heterocycles. The number of methoxy groups -OCH3 is 2. The summed E-state index contributed by atoms with van der Waals surface area (Å²) in [6, 6.07) is 10.9. The van der Waals surface area contributed by atoms with E-state index in [1.807, 2.05) is 31.2 Å². The summed E-state index contributed by atoms with van der Waals surface area (Å²) in [6.45, 7) is 1.99. The Morgan fingerprint density at radius 3 is 2.29 bits per heavy atom. The van der Waals surface area contributed by atoms with Crippen LogP contribution in [0.2, 0.25) is 0 Å². The standard InChI is InChI=1S/C16H18N2O3/c1-10-4-6-11(7-5-10)16(18-17)15-13(19)8-12(20-2)9-14(15)21-3/h4-9,19H,17H2,1-3H3/b18-16+. The van der Waals surface area contributed by atoms with Crippen molar-refractivity contribution < 1.29 is 14.6 Å². The average molecular weight is 286 g/mol. The average Bonchev–Trinajstić information content (AvgIpc) is 2.50. The fourth-order valence-corrected chi connectivity index (χ4v) is 2.09. The van der Waals surface area contributed by atoms with Gasteiger partial charge in [-0.15, -0.1) is 0 Å². The number of benzene rings is 2. The maximum atomic E-state index is 10.3. The van der Waals surface area contributed by atoms with E-state index in [0.29, 0.717) is 22.8 Å². The fourth-order valence-electron chi connectivity index (χ4n) is 2.09. The lowest BCUT2D eigenvalue weighted by Crippen LogP contribution is -2.09. The number of aryl methyl sites for hydroxylation is 1. The van der Waals surface area contributed by atoms with Gasteiger partial charge in [-0.05, 0) is 6.92 Å². The van der Waals surface area contributed by atoms with Crippen LogP contribution in [0, 0.1) is 6.92 Å². The SMILES string of the molecule is COc1cc(O)c(/C(=N/N)c2ccc(C)cc2)c(OC)c1. The van der Waals surface area contributed by atoms with Crippen LogP contribution in [0.5, 0.6) is 17.2 Å². The summed E-state index contributed by atoms with van der Waals surface area (Å²) in [5.41, 5.74) is 2.81. The Morgan fingerprint density at radius 1 is 1.10 bits per heavy atom. The number of hydrazone groups is 1. The number of nitrogens with two attached hydrogens (primary N) is 1. The van der Waals surface area contributed by atoms with Gasteiger partial charge < -0.3 is 20.4 Å². The highest BCUT2D eigenvalue weighted by Crippen LogP contribution is 2.35. The van der Waals surface area contributed by atoms with Crippen molar-refractivity contribution in [2.24, 2.45) is 10.9 Å². The minimum atomic E-state index is -0.00373. The maximum absolute atomic E-state index is 10.3. The molecule has 0 unspecified atom stereocenters. The van der Waals surface area contributed by atoms with Gasteiger partial charge in [0.25, 0.3) is 0 Å². The number of phenols is 1. The minimum absolute atomic E-state index is 0.00373. The van der Waals surface area contributed by atoms with E-state index in [-0.39, 0.29) is 5.75 Å². The second-order valence-electron chi connectivity index (χ2n) is 4.57. The van der Waals surface area contributed by atoms with Gasteiger partial charge in [-0.25, -0.2) is 0 Å². The van der Waals surface area contributed by atoms with Crippen LogP contribution in [0.4, 0.5) is 0 Å². The van der Waals surface area contributed by atoms with Crippen LogP contribution in [-0.2, 0) is 0 Å². The summed E-state index contributed by atoms with van der Waals surface area (Å²) >= 11 is 0. The zero-order chi connectivity index (χ0) is 15.4. The van der Waals surface area contributed by atoms with E-state index in [0.717, 1.165) is 11.1 Å². The molecule has 0 bridgehead atoms. The van der Waals surface area contributed by atoms with Crippen LogP contribution in [0.3, 0.4) is 0 Å². The number of nitrogens with zero attached hydrogens (tertiary/aromatic N) is 1. The molecule has 0 saturated heterocycles. The molecule has 5 heteroatoms. The number of rotatable bonds is 4. The second kappa shape index (κ2) is 6.17. The van der Waals surface area contributed by atoms with Gasteiger partial charge in [-0.1, -0.05) is 29.8 Å². The lowest BCUT2D eigenvalue weighted by atomic mass is 9.99.